The second-order valence-corrected chi connectivity index (χ2v) is 7.01. The summed E-state index contributed by atoms with van der Waals surface area (Å²) >= 11 is 1.41. The number of nitrogens with zero attached hydrogens (tertiary/aromatic N) is 2. The van der Waals surface area contributed by atoms with E-state index in [0.29, 0.717) is 11.1 Å². The molecule has 20 heavy (non-hydrogen) atoms. The number of hydrogen-bond acceptors (Lipinski definition) is 5. The zero-order valence-corrected chi connectivity index (χ0v) is 12.7. The van der Waals surface area contributed by atoms with Crippen LogP contribution in [0.4, 0.5) is 0 Å². The molecule has 2 rings (SSSR count). The minimum atomic E-state index is -3.59. The van der Waals surface area contributed by atoms with Gasteiger partial charge in [0.05, 0.1) is 23.1 Å². The first-order valence-electron chi connectivity index (χ1n) is 5.84. The number of hydrogen-bond donors (Lipinski definition) is 1. The lowest BCUT2D eigenvalue weighted by atomic mass is 10.1. The van der Waals surface area contributed by atoms with E-state index in [1.807, 2.05) is 18.4 Å². The number of sulfonamides is 1. The van der Waals surface area contributed by atoms with E-state index in [1.165, 1.54) is 29.5 Å². The Morgan fingerprint density at radius 3 is 2.70 bits per heavy atom. The fraction of sp³-hybridized carbons (Fsp3) is 0.231. The van der Waals surface area contributed by atoms with Gasteiger partial charge in [-0.05, 0) is 37.6 Å². The molecule has 0 aliphatic carbocycles. The lowest BCUT2D eigenvalue weighted by Gasteiger charge is -2.06. The number of rotatable bonds is 4. The van der Waals surface area contributed by atoms with E-state index in [4.69, 9.17) is 5.26 Å². The van der Waals surface area contributed by atoms with Crippen LogP contribution in [0.3, 0.4) is 0 Å². The molecule has 0 atom stereocenters. The van der Waals surface area contributed by atoms with Gasteiger partial charge < -0.3 is 0 Å². The molecular weight excluding hydrogens is 294 g/mol. The van der Waals surface area contributed by atoms with Gasteiger partial charge in [-0.2, -0.15) is 5.26 Å². The lowest BCUT2D eigenvalue weighted by Crippen LogP contribution is -2.23. The molecule has 0 saturated heterocycles. The van der Waals surface area contributed by atoms with E-state index in [1.54, 1.807) is 6.92 Å². The van der Waals surface area contributed by atoms with Crippen molar-refractivity contribution in [3.05, 3.63) is 45.4 Å². The van der Waals surface area contributed by atoms with Gasteiger partial charge in [0.2, 0.25) is 10.0 Å². The molecule has 0 aliphatic heterocycles. The summed E-state index contributed by atoms with van der Waals surface area (Å²) in [5.74, 6) is 0. The smallest absolute Gasteiger partial charge is 0.240 e. The predicted octanol–water partition coefficient (Wildman–Crippen LogP) is 2.11. The third-order valence-corrected chi connectivity index (χ3v) is 5.07. The van der Waals surface area contributed by atoms with E-state index >= 15 is 0 Å². The second kappa shape index (κ2) is 5.71. The molecule has 2 aromatic rings. The highest BCUT2D eigenvalue weighted by atomic mass is 32.2. The highest BCUT2D eigenvalue weighted by Gasteiger charge is 2.15. The third kappa shape index (κ3) is 3.22. The van der Waals surface area contributed by atoms with Gasteiger partial charge in [-0.3, -0.25) is 0 Å². The Balaban J connectivity index is 2.18. The fourth-order valence-electron chi connectivity index (χ4n) is 1.65. The Morgan fingerprint density at radius 2 is 2.15 bits per heavy atom. The van der Waals surface area contributed by atoms with Crippen LogP contribution in [-0.4, -0.2) is 13.4 Å². The standard InChI is InChI=1S/C13H13N3O2S2/c1-9-5-12(4-3-11(9)6-14)20(17,18)15-7-13-16-10(2)8-19-13/h3-5,8,15H,7H2,1-2H3. The number of aryl methyl sites for hydroxylation is 2. The number of nitrogens with one attached hydrogen (secondary N) is 1. The Morgan fingerprint density at radius 1 is 1.40 bits per heavy atom. The van der Waals surface area contributed by atoms with Crippen molar-refractivity contribution < 1.29 is 8.42 Å². The topological polar surface area (TPSA) is 82.9 Å². The summed E-state index contributed by atoms with van der Waals surface area (Å²) in [5, 5.41) is 11.4. The van der Waals surface area contributed by atoms with Crippen LogP contribution < -0.4 is 4.72 Å². The van der Waals surface area contributed by atoms with Crippen molar-refractivity contribution in [2.45, 2.75) is 25.3 Å². The third-order valence-electron chi connectivity index (χ3n) is 2.71. The van der Waals surface area contributed by atoms with Crippen molar-refractivity contribution in [2.75, 3.05) is 0 Å². The first-order chi connectivity index (χ1) is 9.42. The first-order valence-corrected chi connectivity index (χ1v) is 8.20. The van der Waals surface area contributed by atoms with Gasteiger partial charge in [0.1, 0.15) is 5.01 Å². The summed E-state index contributed by atoms with van der Waals surface area (Å²) in [6.07, 6.45) is 0. The molecule has 7 heteroatoms. The monoisotopic (exact) mass is 307 g/mol. The molecule has 0 spiro atoms. The predicted molar refractivity (Wildman–Crippen MR) is 76.8 cm³/mol. The summed E-state index contributed by atoms with van der Waals surface area (Å²) < 4.78 is 26.8. The summed E-state index contributed by atoms with van der Waals surface area (Å²) in [6.45, 7) is 3.74. The maximum absolute atomic E-state index is 12.1. The molecule has 104 valence electrons. The zero-order valence-electron chi connectivity index (χ0n) is 11.0. The van der Waals surface area contributed by atoms with Crippen LogP contribution >= 0.6 is 11.3 Å². The number of benzene rings is 1. The normalized spacial score (nSPS) is 11.2. The van der Waals surface area contributed by atoms with Gasteiger partial charge in [-0.1, -0.05) is 0 Å². The highest BCUT2D eigenvalue weighted by molar-refractivity contribution is 7.89. The molecule has 0 saturated carbocycles. The molecule has 1 aromatic heterocycles. The van der Waals surface area contributed by atoms with Crippen molar-refractivity contribution in [2.24, 2.45) is 0 Å². The number of aromatic nitrogens is 1. The average Bonchev–Trinajstić information content (AvgIpc) is 2.82. The minimum Gasteiger partial charge on any atom is -0.245 e. The SMILES string of the molecule is Cc1csc(CNS(=O)(=O)c2ccc(C#N)c(C)c2)n1. The van der Waals surface area contributed by atoms with Crippen LogP contribution in [0, 0.1) is 25.2 Å². The van der Waals surface area contributed by atoms with Crippen molar-refractivity contribution in [3.8, 4) is 6.07 Å². The van der Waals surface area contributed by atoms with Crippen molar-refractivity contribution in [1.29, 1.82) is 5.26 Å². The van der Waals surface area contributed by atoms with Crippen LogP contribution in [-0.2, 0) is 16.6 Å². The molecule has 0 aliphatic rings. The van der Waals surface area contributed by atoms with Gasteiger partial charge >= 0.3 is 0 Å². The molecule has 1 N–H and O–H groups in total. The van der Waals surface area contributed by atoms with Gasteiger partial charge in [0.15, 0.2) is 0 Å². The van der Waals surface area contributed by atoms with Crippen molar-refractivity contribution >= 4 is 21.4 Å². The largest absolute Gasteiger partial charge is 0.245 e. The van der Waals surface area contributed by atoms with E-state index in [2.05, 4.69) is 9.71 Å². The van der Waals surface area contributed by atoms with Crippen LogP contribution in [0.15, 0.2) is 28.5 Å². The van der Waals surface area contributed by atoms with Crippen LogP contribution in [0.1, 0.15) is 21.8 Å². The van der Waals surface area contributed by atoms with Crippen LogP contribution in [0.5, 0.6) is 0 Å². The molecule has 0 fully saturated rings. The molecule has 5 nitrogen and oxygen atoms in total. The molecule has 0 bridgehead atoms. The maximum atomic E-state index is 12.1. The van der Waals surface area contributed by atoms with E-state index in [-0.39, 0.29) is 11.4 Å². The molecule has 0 radical (unpaired) electrons. The van der Waals surface area contributed by atoms with Gasteiger partial charge in [-0.15, -0.1) is 11.3 Å². The van der Waals surface area contributed by atoms with Gasteiger partial charge in [-0.25, -0.2) is 18.1 Å². The summed E-state index contributed by atoms with van der Waals surface area (Å²) in [4.78, 5) is 4.36. The first kappa shape index (κ1) is 14.7. The van der Waals surface area contributed by atoms with Crippen LogP contribution in [0.2, 0.25) is 0 Å². The molecule has 1 aromatic carbocycles. The van der Waals surface area contributed by atoms with E-state index in [9.17, 15) is 8.42 Å². The summed E-state index contributed by atoms with van der Waals surface area (Å²) in [7, 11) is -3.59. The molecule has 0 unspecified atom stereocenters. The van der Waals surface area contributed by atoms with Crippen LogP contribution in [0.25, 0.3) is 0 Å². The molecule has 0 amide bonds. The van der Waals surface area contributed by atoms with Gasteiger partial charge in [0.25, 0.3) is 0 Å². The fourth-order valence-corrected chi connectivity index (χ4v) is 3.53. The Hall–Kier alpha value is -1.75. The van der Waals surface area contributed by atoms with E-state index in [0.717, 1.165) is 10.7 Å². The Kier molecular flexibility index (Phi) is 4.18. The highest BCUT2D eigenvalue weighted by Crippen LogP contribution is 2.16. The van der Waals surface area contributed by atoms with E-state index < -0.39 is 10.0 Å². The van der Waals surface area contributed by atoms with Crippen molar-refractivity contribution in [3.63, 3.8) is 0 Å². The molecular formula is C13H13N3O2S2. The molecule has 1 heterocycles. The lowest BCUT2D eigenvalue weighted by molar-refractivity contribution is 0.581. The van der Waals surface area contributed by atoms with Gasteiger partial charge in [0, 0.05) is 11.1 Å². The Bertz CT molecular complexity index is 773. The quantitative estimate of drug-likeness (QED) is 0.937. The van der Waals surface area contributed by atoms with Crippen molar-refractivity contribution in [1.82, 2.24) is 9.71 Å². The Labute approximate surface area is 122 Å². The number of nitriles is 1. The number of thiazole rings is 1. The summed E-state index contributed by atoms with van der Waals surface area (Å²) in [6, 6.07) is 6.45. The maximum Gasteiger partial charge on any atom is 0.240 e. The second-order valence-electron chi connectivity index (χ2n) is 4.30. The summed E-state index contributed by atoms with van der Waals surface area (Å²) in [5.41, 5.74) is 1.98. The zero-order chi connectivity index (χ0) is 14.8. The average molecular weight is 307 g/mol. The minimum absolute atomic E-state index is 0.155.